The third-order valence-electron chi connectivity index (χ3n) is 2.69. The van der Waals surface area contributed by atoms with Crippen molar-refractivity contribution in [2.45, 2.75) is 19.9 Å². The Morgan fingerprint density at radius 3 is 2.14 bits per heavy atom. The molecule has 0 atom stereocenters. The van der Waals surface area contributed by atoms with Crippen LogP contribution in [0, 0.1) is 29.1 Å². The van der Waals surface area contributed by atoms with Gasteiger partial charge in [0, 0.05) is 6.54 Å². The van der Waals surface area contributed by atoms with Crippen LogP contribution in [0.5, 0.6) is 0 Å². The minimum atomic E-state index is -2.21. The van der Waals surface area contributed by atoms with Gasteiger partial charge in [0.25, 0.3) is 0 Å². The lowest BCUT2D eigenvalue weighted by Crippen LogP contribution is -2.14. The summed E-state index contributed by atoms with van der Waals surface area (Å²) >= 11 is 0. The van der Waals surface area contributed by atoms with Gasteiger partial charge in [-0.25, -0.2) is 26.6 Å². The Balaban J connectivity index is 2.39. The highest BCUT2D eigenvalue weighted by molar-refractivity contribution is 5.36. The van der Waals surface area contributed by atoms with Crippen LogP contribution in [0.15, 0.2) is 6.20 Å². The van der Waals surface area contributed by atoms with Crippen LogP contribution >= 0.6 is 0 Å². The summed E-state index contributed by atoms with van der Waals surface area (Å²) in [5.41, 5.74) is -0.840. The molecule has 0 amide bonds. The summed E-state index contributed by atoms with van der Waals surface area (Å²) in [4.78, 5) is 0. The molecule has 1 aromatic carbocycles. The average molecular weight is 306 g/mol. The van der Waals surface area contributed by atoms with Crippen molar-refractivity contribution in [3.8, 4) is 5.69 Å². The van der Waals surface area contributed by atoms with Crippen LogP contribution in [0.25, 0.3) is 5.69 Å². The number of nitrogens with zero attached hydrogens (tertiary/aromatic N) is 3. The topological polar surface area (TPSA) is 42.7 Å². The molecule has 114 valence electrons. The lowest BCUT2D eigenvalue weighted by Gasteiger charge is -2.06. The molecule has 0 saturated carbocycles. The van der Waals surface area contributed by atoms with Crippen molar-refractivity contribution < 1.29 is 22.0 Å². The quantitative estimate of drug-likeness (QED) is 0.399. The van der Waals surface area contributed by atoms with Gasteiger partial charge in [0.2, 0.25) is 5.82 Å². The van der Waals surface area contributed by atoms with Gasteiger partial charge in [-0.1, -0.05) is 12.1 Å². The van der Waals surface area contributed by atoms with E-state index in [-0.39, 0.29) is 6.54 Å². The maximum absolute atomic E-state index is 13.6. The van der Waals surface area contributed by atoms with E-state index in [0.29, 0.717) is 16.9 Å². The maximum atomic E-state index is 13.6. The summed E-state index contributed by atoms with van der Waals surface area (Å²) in [6.07, 6.45) is 1.96. The highest BCUT2D eigenvalue weighted by Crippen LogP contribution is 2.25. The molecule has 4 nitrogen and oxygen atoms in total. The molecule has 0 aliphatic rings. The van der Waals surface area contributed by atoms with E-state index in [1.54, 1.807) is 0 Å². The summed E-state index contributed by atoms with van der Waals surface area (Å²) in [5, 5.41) is 9.96. The summed E-state index contributed by atoms with van der Waals surface area (Å²) in [7, 11) is 0. The average Bonchev–Trinajstić information content (AvgIpc) is 2.92. The molecule has 1 heterocycles. The van der Waals surface area contributed by atoms with Crippen LogP contribution in [0.3, 0.4) is 0 Å². The first-order chi connectivity index (χ1) is 9.97. The van der Waals surface area contributed by atoms with Gasteiger partial charge in [-0.15, -0.1) is 5.10 Å². The summed E-state index contributed by atoms with van der Waals surface area (Å²) < 4.78 is 66.8. The number of benzene rings is 1. The molecule has 2 aromatic rings. The first-order valence-electron chi connectivity index (χ1n) is 6.11. The van der Waals surface area contributed by atoms with Crippen LogP contribution in [-0.2, 0) is 6.54 Å². The Hall–Kier alpha value is -2.03. The molecular formula is C12H11F5N4. The fourth-order valence-electron chi connectivity index (χ4n) is 1.68. The zero-order valence-electron chi connectivity index (χ0n) is 10.9. The SMILES string of the molecule is CCCNCc1cn(-c2c(F)c(F)c(F)c(F)c2F)nn1. The molecule has 0 aliphatic carbocycles. The van der Waals surface area contributed by atoms with E-state index in [4.69, 9.17) is 0 Å². The van der Waals surface area contributed by atoms with Crippen molar-refractivity contribution in [1.82, 2.24) is 20.3 Å². The molecule has 9 heteroatoms. The lowest BCUT2D eigenvalue weighted by molar-refractivity contribution is 0.373. The second kappa shape index (κ2) is 6.17. The van der Waals surface area contributed by atoms with Gasteiger partial charge in [-0.05, 0) is 13.0 Å². The van der Waals surface area contributed by atoms with Crippen LogP contribution in [0.1, 0.15) is 19.0 Å². The Kier molecular flexibility index (Phi) is 4.51. The largest absolute Gasteiger partial charge is 0.311 e. The molecule has 0 aliphatic heterocycles. The molecule has 0 bridgehead atoms. The van der Waals surface area contributed by atoms with E-state index in [1.165, 1.54) is 0 Å². The maximum Gasteiger partial charge on any atom is 0.200 e. The highest BCUT2D eigenvalue weighted by atomic mass is 19.2. The molecule has 0 fully saturated rings. The molecule has 0 spiro atoms. The van der Waals surface area contributed by atoms with Crippen molar-refractivity contribution in [2.24, 2.45) is 0 Å². The monoisotopic (exact) mass is 306 g/mol. The summed E-state index contributed by atoms with van der Waals surface area (Å²) in [6, 6.07) is 0. The second-order valence-electron chi connectivity index (χ2n) is 4.25. The van der Waals surface area contributed by atoms with Gasteiger partial charge in [0.1, 0.15) is 5.69 Å². The van der Waals surface area contributed by atoms with E-state index < -0.39 is 34.8 Å². The normalized spacial score (nSPS) is 11.1. The van der Waals surface area contributed by atoms with Crippen LogP contribution < -0.4 is 5.32 Å². The van der Waals surface area contributed by atoms with Gasteiger partial charge < -0.3 is 5.32 Å². The Bertz CT molecular complexity index is 626. The zero-order valence-corrected chi connectivity index (χ0v) is 10.9. The van der Waals surface area contributed by atoms with Crippen molar-refractivity contribution in [1.29, 1.82) is 0 Å². The summed E-state index contributed by atoms with van der Waals surface area (Å²) in [5.74, 6) is -10.2. The van der Waals surface area contributed by atoms with Crippen molar-refractivity contribution >= 4 is 0 Å². The first-order valence-corrected chi connectivity index (χ1v) is 6.11. The van der Waals surface area contributed by atoms with E-state index >= 15 is 0 Å². The molecule has 2 rings (SSSR count). The Labute approximate surface area is 116 Å². The third kappa shape index (κ3) is 2.87. The van der Waals surface area contributed by atoms with Gasteiger partial charge in [-0.3, -0.25) is 0 Å². The smallest absolute Gasteiger partial charge is 0.200 e. The minimum Gasteiger partial charge on any atom is -0.311 e. The number of nitrogens with one attached hydrogen (secondary N) is 1. The number of rotatable bonds is 5. The van der Waals surface area contributed by atoms with Crippen molar-refractivity contribution in [3.05, 3.63) is 41.0 Å². The third-order valence-corrected chi connectivity index (χ3v) is 2.69. The van der Waals surface area contributed by atoms with Gasteiger partial charge >= 0.3 is 0 Å². The molecule has 0 saturated heterocycles. The van der Waals surface area contributed by atoms with Crippen molar-refractivity contribution in [2.75, 3.05) is 6.54 Å². The number of hydrogen-bond donors (Lipinski definition) is 1. The molecule has 1 aromatic heterocycles. The second-order valence-corrected chi connectivity index (χ2v) is 4.25. The lowest BCUT2D eigenvalue weighted by atomic mass is 10.2. The van der Waals surface area contributed by atoms with Crippen LogP contribution in [0.4, 0.5) is 22.0 Å². The summed E-state index contributed by atoms with van der Waals surface area (Å²) in [6.45, 7) is 2.90. The van der Waals surface area contributed by atoms with Gasteiger partial charge in [0.05, 0.1) is 11.9 Å². The fourth-order valence-corrected chi connectivity index (χ4v) is 1.68. The van der Waals surface area contributed by atoms with E-state index in [2.05, 4.69) is 15.6 Å². The number of halogens is 5. The highest BCUT2D eigenvalue weighted by Gasteiger charge is 2.27. The van der Waals surface area contributed by atoms with Gasteiger partial charge in [-0.2, -0.15) is 0 Å². The van der Waals surface area contributed by atoms with Crippen LogP contribution in [0.2, 0.25) is 0 Å². The van der Waals surface area contributed by atoms with Crippen molar-refractivity contribution in [3.63, 3.8) is 0 Å². The van der Waals surface area contributed by atoms with Gasteiger partial charge in [0.15, 0.2) is 23.3 Å². The number of aromatic nitrogens is 3. The molecule has 0 unspecified atom stereocenters. The molecular weight excluding hydrogens is 295 g/mol. The number of hydrogen-bond acceptors (Lipinski definition) is 3. The Morgan fingerprint density at radius 1 is 1.00 bits per heavy atom. The Morgan fingerprint density at radius 2 is 1.57 bits per heavy atom. The minimum absolute atomic E-state index is 0.267. The molecule has 0 radical (unpaired) electrons. The molecule has 21 heavy (non-hydrogen) atoms. The standard InChI is InChI=1S/C12H11F5N4/c1-2-3-18-4-6-5-21(20-19-6)12-10(16)8(14)7(13)9(15)11(12)17/h5,18H,2-4H2,1H3. The first kappa shape index (κ1) is 15.4. The predicted molar refractivity (Wildman–Crippen MR) is 63.1 cm³/mol. The zero-order chi connectivity index (χ0) is 15.6. The van der Waals surface area contributed by atoms with E-state index in [1.807, 2.05) is 6.92 Å². The molecule has 1 N–H and O–H groups in total. The van der Waals surface area contributed by atoms with Crippen LogP contribution in [-0.4, -0.2) is 21.5 Å². The fraction of sp³-hybridized carbons (Fsp3) is 0.333. The van der Waals surface area contributed by atoms with E-state index in [0.717, 1.165) is 12.6 Å². The van der Waals surface area contributed by atoms with E-state index in [9.17, 15) is 22.0 Å². The predicted octanol–water partition coefficient (Wildman–Crippen LogP) is 2.46.